The number of aryl methyl sites for hydroxylation is 1. The summed E-state index contributed by atoms with van der Waals surface area (Å²) in [6.45, 7) is 0.824. The third kappa shape index (κ3) is 5.92. The predicted molar refractivity (Wildman–Crippen MR) is 125 cm³/mol. The molecule has 0 aliphatic carbocycles. The Kier molecular flexibility index (Phi) is 7.43. The first-order chi connectivity index (χ1) is 17.7. The van der Waals surface area contributed by atoms with Crippen molar-refractivity contribution in [2.24, 2.45) is 11.1 Å². The summed E-state index contributed by atoms with van der Waals surface area (Å²) in [6, 6.07) is 8.12. The number of primary sulfonamides is 1. The first kappa shape index (κ1) is 27.8. The largest absolute Gasteiger partial charge is 0.573 e. The van der Waals surface area contributed by atoms with Crippen LogP contribution < -0.4 is 9.88 Å². The Balaban J connectivity index is 1.36. The van der Waals surface area contributed by atoms with Gasteiger partial charge in [-0.25, -0.2) is 17.9 Å². The van der Waals surface area contributed by atoms with Crippen LogP contribution in [0.3, 0.4) is 0 Å². The van der Waals surface area contributed by atoms with E-state index in [2.05, 4.69) is 4.74 Å². The topological polar surface area (TPSA) is 119 Å². The fourth-order valence-corrected chi connectivity index (χ4v) is 5.46. The molecule has 2 atom stereocenters. The number of hydrogen-bond acceptors (Lipinski definition) is 6. The van der Waals surface area contributed by atoms with E-state index in [0.717, 1.165) is 12.1 Å². The molecule has 2 aliphatic heterocycles. The molecule has 2 amide bonds. The van der Waals surface area contributed by atoms with Gasteiger partial charge in [0.05, 0.1) is 23.5 Å². The van der Waals surface area contributed by atoms with Crippen molar-refractivity contribution >= 4 is 21.8 Å². The number of rotatable bonds is 7. The highest BCUT2D eigenvalue weighted by Crippen LogP contribution is 2.39. The lowest BCUT2D eigenvalue weighted by Gasteiger charge is -2.28. The van der Waals surface area contributed by atoms with Crippen LogP contribution in [0.1, 0.15) is 22.3 Å². The van der Waals surface area contributed by atoms with E-state index in [1.165, 1.54) is 36.3 Å². The van der Waals surface area contributed by atoms with Gasteiger partial charge in [0, 0.05) is 32.5 Å². The van der Waals surface area contributed by atoms with Gasteiger partial charge in [-0.05, 0) is 42.3 Å². The van der Waals surface area contributed by atoms with E-state index >= 15 is 0 Å². The zero-order valence-electron chi connectivity index (χ0n) is 20.2. The standard InChI is InChI=1S/C24H25F4N3O6S/c1-36-23-13-30(21(32)9-4-15-2-5-17(6-3-15)37-24(26,27)28)11-16(23)12-31(14-23)22(33)19-8-7-18(10-20(19)25)38(29,34)35/h2-3,5-8,10,16H,4,9,11-14H2,1H3,(H2,29,34,35)/t16-,23+/m1/s1. The van der Waals surface area contributed by atoms with Crippen molar-refractivity contribution in [3.8, 4) is 5.75 Å². The molecule has 4 rings (SSSR count). The number of amides is 2. The molecule has 2 aromatic rings. The van der Waals surface area contributed by atoms with Crippen molar-refractivity contribution in [3.05, 3.63) is 59.4 Å². The maximum Gasteiger partial charge on any atom is 0.573 e. The van der Waals surface area contributed by atoms with Gasteiger partial charge < -0.3 is 19.3 Å². The van der Waals surface area contributed by atoms with Crippen molar-refractivity contribution in [3.63, 3.8) is 0 Å². The second kappa shape index (κ2) is 10.2. The lowest BCUT2D eigenvalue weighted by molar-refractivity contribution is -0.274. The van der Waals surface area contributed by atoms with Crippen molar-refractivity contribution < 1.29 is 45.0 Å². The number of hydrogen-bond donors (Lipinski definition) is 1. The number of carbonyl (C=O) groups excluding carboxylic acids is 2. The molecule has 2 heterocycles. The highest BCUT2D eigenvalue weighted by Gasteiger charge is 2.55. The Morgan fingerprint density at radius 3 is 2.26 bits per heavy atom. The van der Waals surface area contributed by atoms with E-state index in [1.807, 2.05) is 0 Å². The van der Waals surface area contributed by atoms with Gasteiger partial charge in [0.2, 0.25) is 15.9 Å². The molecule has 0 radical (unpaired) electrons. The number of benzene rings is 2. The average molecular weight is 560 g/mol. The molecule has 2 saturated heterocycles. The molecule has 2 N–H and O–H groups in total. The fourth-order valence-electron chi connectivity index (χ4n) is 4.93. The summed E-state index contributed by atoms with van der Waals surface area (Å²) < 4.78 is 83.9. The molecule has 0 aromatic heterocycles. The zero-order chi connectivity index (χ0) is 27.9. The summed E-state index contributed by atoms with van der Waals surface area (Å²) in [6.07, 6.45) is -4.35. The first-order valence-corrected chi connectivity index (χ1v) is 13.0. The Morgan fingerprint density at radius 2 is 1.71 bits per heavy atom. The number of carbonyl (C=O) groups is 2. The molecule has 206 valence electrons. The van der Waals surface area contributed by atoms with Crippen LogP contribution in [0.15, 0.2) is 47.4 Å². The van der Waals surface area contributed by atoms with E-state index in [9.17, 15) is 35.6 Å². The van der Waals surface area contributed by atoms with Crippen LogP contribution in [0, 0.1) is 11.7 Å². The molecular weight excluding hydrogens is 534 g/mol. The smallest absolute Gasteiger partial charge is 0.406 e. The number of sulfonamides is 1. The van der Waals surface area contributed by atoms with E-state index in [0.29, 0.717) is 24.6 Å². The first-order valence-electron chi connectivity index (χ1n) is 11.5. The molecule has 14 heteroatoms. The number of methoxy groups -OCH3 is 1. The molecule has 2 fully saturated rings. The normalized spacial score (nSPS) is 21.5. The molecule has 38 heavy (non-hydrogen) atoms. The Hall–Kier alpha value is -3.23. The van der Waals surface area contributed by atoms with E-state index in [-0.39, 0.29) is 49.2 Å². The van der Waals surface area contributed by atoms with Crippen LogP contribution in [0.2, 0.25) is 0 Å². The van der Waals surface area contributed by atoms with Gasteiger partial charge in [0.1, 0.15) is 17.2 Å². The van der Waals surface area contributed by atoms with Gasteiger partial charge in [-0.3, -0.25) is 9.59 Å². The molecular formula is C24H25F4N3O6S. The molecule has 9 nitrogen and oxygen atoms in total. The quantitative estimate of drug-likeness (QED) is 0.520. The average Bonchev–Trinajstić information content (AvgIpc) is 3.36. The van der Waals surface area contributed by atoms with Crippen LogP contribution >= 0.6 is 0 Å². The number of halogens is 4. The number of fused-ring (bicyclic) bond motifs is 1. The van der Waals surface area contributed by atoms with Crippen LogP contribution in [0.4, 0.5) is 17.6 Å². The number of nitrogens with zero attached hydrogens (tertiary/aromatic N) is 2. The molecule has 0 saturated carbocycles. The molecule has 0 spiro atoms. The maximum absolute atomic E-state index is 14.5. The van der Waals surface area contributed by atoms with Crippen LogP contribution in [-0.4, -0.2) is 75.3 Å². The van der Waals surface area contributed by atoms with E-state index in [4.69, 9.17) is 9.88 Å². The van der Waals surface area contributed by atoms with Gasteiger partial charge in [-0.1, -0.05) is 12.1 Å². The van der Waals surface area contributed by atoms with Gasteiger partial charge in [0.15, 0.2) is 0 Å². The molecule has 2 aromatic carbocycles. The SMILES string of the molecule is CO[C@]12CN(C(=O)CCc3ccc(OC(F)(F)F)cc3)C[C@@H]1CN(C(=O)c1ccc(S(N)(=O)=O)cc1F)C2. The van der Waals surface area contributed by atoms with Gasteiger partial charge in [0.25, 0.3) is 5.91 Å². The van der Waals surface area contributed by atoms with Crippen molar-refractivity contribution in [2.75, 3.05) is 33.3 Å². The molecule has 2 aliphatic rings. The maximum atomic E-state index is 14.5. The van der Waals surface area contributed by atoms with Gasteiger partial charge >= 0.3 is 6.36 Å². The minimum atomic E-state index is -4.78. The summed E-state index contributed by atoms with van der Waals surface area (Å²) in [7, 11) is -2.65. The molecule has 0 unspecified atom stereocenters. The Morgan fingerprint density at radius 1 is 1.08 bits per heavy atom. The van der Waals surface area contributed by atoms with Gasteiger partial charge in [-0.2, -0.15) is 0 Å². The number of ether oxygens (including phenoxy) is 2. The van der Waals surface area contributed by atoms with Crippen LogP contribution in [0.25, 0.3) is 0 Å². The zero-order valence-corrected chi connectivity index (χ0v) is 21.0. The second-order valence-corrected chi connectivity index (χ2v) is 10.9. The van der Waals surface area contributed by atoms with E-state index in [1.54, 1.807) is 4.90 Å². The second-order valence-electron chi connectivity index (χ2n) is 9.30. The van der Waals surface area contributed by atoms with Gasteiger partial charge in [-0.15, -0.1) is 13.2 Å². The van der Waals surface area contributed by atoms with Crippen LogP contribution in [0.5, 0.6) is 5.75 Å². The lowest BCUT2D eigenvalue weighted by Crippen LogP contribution is -2.44. The van der Waals surface area contributed by atoms with Crippen molar-refractivity contribution in [1.29, 1.82) is 0 Å². The van der Waals surface area contributed by atoms with Crippen molar-refractivity contribution in [1.82, 2.24) is 9.80 Å². The summed E-state index contributed by atoms with van der Waals surface area (Å²) in [5, 5.41) is 5.01. The third-order valence-corrected chi connectivity index (χ3v) is 7.78. The Labute approximate surface area is 216 Å². The Bertz CT molecular complexity index is 1340. The summed E-state index contributed by atoms with van der Waals surface area (Å²) in [5.41, 5.74) is -0.483. The number of alkyl halides is 3. The third-order valence-electron chi connectivity index (χ3n) is 6.87. The summed E-state index contributed by atoms with van der Waals surface area (Å²) in [5.74, 6) is -2.40. The highest BCUT2D eigenvalue weighted by atomic mass is 32.2. The highest BCUT2D eigenvalue weighted by molar-refractivity contribution is 7.89. The van der Waals surface area contributed by atoms with E-state index < -0.39 is 38.6 Å². The summed E-state index contributed by atoms with van der Waals surface area (Å²) >= 11 is 0. The summed E-state index contributed by atoms with van der Waals surface area (Å²) in [4.78, 5) is 28.4. The lowest BCUT2D eigenvalue weighted by atomic mass is 9.95. The number of likely N-dealkylation sites (tertiary alicyclic amines) is 2. The number of nitrogens with two attached hydrogens (primary N) is 1. The monoisotopic (exact) mass is 559 g/mol. The fraction of sp³-hybridized carbons (Fsp3) is 0.417. The van der Waals surface area contributed by atoms with Crippen LogP contribution in [-0.2, 0) is 26.0 Å². The predicted octanol–water partition coefficient (Wildman–Crippen LogP) is 2.30. The van der Waals surface area contributed by atoms with Crippen molar-refractivity contribution in [2.45, 2.75) is 29.7 Å². The minimum absolute atomic E-state index is 0.105. The molecule has 0 bridgehead atoms. The minimum Gasteiger partial charge on any atom is -0.406 e.